The molecular weight excluding hydrogens is 496 g/mol. The van der Waals surface area contributed by atoms with E-state index >= 15 is 0 Å². The van der Waals surface area contributed by atoms with E-state index in [9.17, 15) is 10.2 Å². The highest BCUT2D eigenvalue weighted by molar-refractivity contribution is 9.10. The second-order valence-corrected chi connectivity index (χ2v) is 9.02. The molecule has 7 nitrogen and oxygen atoms in total. The molecule has 172 valence electrons. The molecule has 32 heavy (non-hydrogen) atoms. The lowest BCUT2D eigenvalue weighted by molar-refractivity contribution is 0.221. The number of imidazole rings is 1. The first kappa shape index (κ1) is 24.4. The van der Waals surface area contributed by atoms with Gasteiger partial charge in [-0.1, -0.05) is 33.6 Å². The van der Waals surface area contributed by atoms with Crippen molar-refractivity contribution in [2.24, 2.45) is 5.92 Å². The van der Waals surface area contributed by atoms with Crippen LogP contribution in [0.25, 0.3) is 5.69 Å². The molecule has 0 saturated carbocycles. The van der Waals surface area contributed by atoms with E-state index in [2.05, 4.69) is 21.2 Å². The fourth-order valence-corrected chi connectivity index (χ4v) is 4.00. The summed E-state index contributed by atoms with van der Waals surface area (Å²) in [6.45, 7) is 1.05. The maximum absolute atomic E-state index is 9.98. The van der Waals surface area contributed by atoms with Gasteiger partial charge >= 0.3 is 0 Å². The number of aliphatic hydroxyl groups excluding tert-OH is 1. The summed E-state index contributed by atoms with van der Waals surface area (Å²) in [7, 11) is 5.37. The first-order valence-corrected chi connectivity index (χ1v) is 11.4. The summed E-state index contributed by atoms with van der Waals surface area (Å²) >= 11 is 10.2. The highest BCUT2D eigenvalue weighted by Gasteiger charge is 2.19. The molecule has 0 fully saturated rings. The van der Waals surface area contributed by atoms with E-state index < -0.39 is 0 Å². The van der Waals surface area contributed by atoms with Crippen molar-refractivity contribution >= 4 is 33.5 Å². The van der Waals surface area contributed by atoms with Crippen LogP contribution in [0.15, 0.2) is 46.9 Å². The predicted octanol–water partition coefficient (Wildman–Crippen LogP) is 4.01. The van der Waals surface area contributed by atoms with Gasteiger partial charge < -0.3 is 25.2 Å². The van der Waals surface area contributed by atoms with Crippen molar-refractivity contribution in [1.29, 1.82) is 0 Å². The Hall–Kier alpha value is -2.26. The van der Waals surface area contributed by atoms with Crippen molar-refractivity contribution in [2.45, 2.75) is 13.0 Å². The van der Waals surface area contributed by atoms with E-state index in [1.807, 2.05) is 53.9 Å². The van der Waals surface area contributed by atoms with Gasteiger partial charge in [0.1, 0.15) is 5.15 Å². The molecule has 1 heterocycles. The summed E-state index contributed by atoms with van der Waals surface area (Å²) in [5.74, 6) is 1.24. The third-order valence-corrected chi connectivity index (χ3v) is 6.02. The van der Waals surface area contributed by atoms with Crippen LogP contribution in [-0.4, -0.2) is 54.1 Å². The van der Waals surface area contributed by atoms with Gasteiger partial charge in [-0.05, 0) is 54.3 Å². The third-order valence-electron chi connectivity index (χ3n) is 5.11. The maximum atomic E-state index is 9.98. The SMILES string of the molecule is COc1ccc(CC(CO)CNCc2nc(N(C)C)n(-c3ccc(Br)cc3)c2Cl)cc1O. The lowest BCUT2D eigenvalue weighted by Gasteiger charge is -2.15. The Kier molecular flexibility index (Phi) is 8.42. The van der Waals surface area contributed by atoms with Gasteiger partial charge in [0.15, 0.2) is 11.5 Å². The number of rotatable bonds is 10. The van der Waals surface area contributed by atoms with Crippen LogP contribution in [0.2, 0.25) is 5.15 Å². The highest BCUT2D eigenvalue weighted by atomic mass is 79.9. The molecule has 0 aliphatic heterocycles. The van der Waals surface area contributed by atoms with Crippen LogP contribution in [-0.2, 0) is 13.0 Å². The van der Waals surface area contributed by atoms with Crippen LogP contribution in [0.1, 0.15) is 11.3 Å². The Morgan fingerprint density at radius 3 is 2.53 bits per heavy atom. The molecule has 2 aromatic carbocycles. The van der Waals surface area contributed by atoms with Crippen molar-refractivity contribution in [1.82, 2.24) is 14.9 Å². The van der Waals surface area contributed by atoms with Crippen LogP contribution < -0.4 is 15.0 Å². The zero-order valence-corrected chi connectivity index (χ0v) is 20.7. The number of halogens is 2. The molecule has 9 heteroatoms. The van der Waals surface area contributed by atoms with E-state index in [1.165, 1.54) is 7.11 Å². The lowest BCUT2D eigenvalue weighted by atomic mass is 9.99. The number of hydrogen-bond donors (Lipinski definition) is 3. The van der Waals surface area contributed by atoms with Gasteiger partial charge in [0, 0.05) is 38.3 Å². The zero-order chi connectivity index (χ0) is 23.3. The van der Waals surface area contributed by atoms with Crippen molar-refractivity contribution < 1.29 is 14.9 Å². The summed E-state index contributed by atoms with van der Waals surface area (Å²) in [4.78, 5) is 6.64. The average Bonchev–Trinajstić information content (AvgIpc) is 3.10. The van der Waals surface area contributed by atoms with E-state index in [-0.39, 0.29) is 18.3 Å². The monoisotopic (exact) mass is 522 g/mol. The smallest absolute Gasteiger partial charge is 0.211 e. The van der Waals surface area contributed by atoms with Crippen LogP contribution in [0.5, 0.6) is 11.5 Å². The van der Waals surface area contributed by atoms with Gasteiger partial charge in [0.2, 0.25) is 5.95 Å². The van der Waals surface area contributed by atoms with Crippen molar-refractivity contribution in [3.63, 3.8) is 0 Å². The number of phenolic OH excluding ortho intramolecular Hbond substituents is 1. The number of benzene rings is 2. The topological polar surface area (TPSA) is 82.8 Å². The van der Waals surface area contributed by atoms with Crippen molar-refractivity contribution in [2.75, 3.05) is 39.3 Å². The molecule has 1 aromatic heterocycles. The number of phenols is 1. The Labute approximate surface area is 201 Å². The molecule has 1 unspecified atom stereocenters. The summed E-state index contributed by atoms with van der Waals surface area (Å²) in [6, 6.07) is 13.2. The van der Waals surface area contributed by atoms with Gasteiger partial charge in [-0.2, -0.15) is 0 Å². The van der Waals surface area contributed by atoms with Crippen molar-refractivity contribution in [3.8, 4) is 17.2 Å². The number of nitrogens with zero attached hydrogens (tertiary/aromatic N) is 3. The molecule has 0 amide bonds. The number of methoxy groups -OCH3 is 1. The van der Waals surface area contributed by atoms with Crippen LogP contribution >= 0.6 is 27.5 Å². The number of aromatic nitrogens is 2. The summed E-state index contributed by atoms with van der Waals surface area (Å²) in [6.07, 6.45) is 0.616. The second kappa shape index (κ2) is 11.0. The highest BCUT2D eigenvalue weighted by Crippen LogP contribution is 2.29. The van der Waals surface area contributed by atoms with Crippen LogP contribution in [0, 0.1) is 5.92 Å². The molecule has 3 rings (SSSR count). The fraction of sp³-hybridized carbons (Fsp3) is 0.348. The van der Waals surface area contributed by atoms with E-state index in [4.69, 9.17) is 21.3 Å². The van der Waals surface area contributed by atoms with Gasteiger partial charge in [0.25, 0.3) is 0 Å². The van der Waals surface area contributed by atoms with Gasteiger partial charge in [-0.25, -0.2) is 4.98 Å². The largest absolute Gasteiger partial charge is 0.504 e. The lowest BCUT2D eigenvalue weighted by Crippen LogP contribution is -2.26. The van der Waals surface area contributed by atoms with E-state index in [1.54, 1.807) is 12.1 Å². The minimum Gasteiger partial charge on any atom is -0.504 e. The second-order valence-electron chi connectivity index (χ2n) is 7.75. The van der Waals surface area contributed by atoms with E-state index in [0.717, 1.165) is 27.4 Å². The molecule has 3 aromatic rings. The van der Waals surface area contributed by atoms with Gasteiger partial charge in [0.05, 0.1) is 18.5 Å². The Morgan fingerprint density at radius 1 is 1.22 bits per heavy atom. The molecule has 0 aliphatic carbocycles. The van der Waals surface area contributed by atoms with E-state index in [0.29, 0.717) is 30.4 Å². The Bertz CT molecular complexity index is 1040. The minimum absolute atomic E-state index is 0.0177. The minimum atomic E-state index is -0.0246. The molecular formula is C23H28BrClN4O3. The number of anilines is 1. The average molecular weight is 524 g/mol. The standard InChI is InChI=1S/C23H28BrClN4O3/c1-28(2)23-27-19(22(25)29(23)18-7-5-17(24)6-8-18)13-26-12-16(14-30)10-15-4-9-21(32-3)20(31)11-15/h4-9,11,16,26,30-31H,10,12-14H2,1-3H3. The molecule has 0 saturated heterocycles. The Morgan fingerprint density at radius 2 is 1.94 bits per heavy atom. The Balaban J connectivity index is 1.68. The first-order valence-electron chi connectivity index (χ1n) is 10.2. The first-order chi connectivity index (χ1) is 15.3. The van der Waals surface area contributed by atoms with Gasteiger partial charge in [-0.3, -0.25) is 4.57 Å². The normalized spacial score (nSPS) is 12.1. The summed E-state index contributed by atoms with van der Waals surface area (Å²) in [5.41, 5.74) is 2.59. The number of ether oxygens (including phenoxy) is 1. The fourth-order valence-electron chi connectivity index (χ4n) is 3.46. The molecule has 0 bridgehead atoms. The van der Waals surface area contributed by atoms with Gasteiger partial charge in [-0.15, -0.1) is 0 Å². The number of hydrogen-bond acceptors (Lipinski definition) is 6. The quantitative estimate of drug-likeness (QED) is 0.372. The van der Waals surface area contributed by atoms with Crippen LogP contribution in [0.4, 0.5) is 5.95 Å². The number of nitrogens with one attached hydrogen (secondary N) is 1. The number of aromatic hydroxyl groups is 1. The van der Waals surface area contributed by atoms with Crippen LogP contribution in [0.3, 0.4) is 0 Å². The summed E-state index contributed by atoms with van der Waals surface area (Å²) in [5, 5.41) is 23.7. The van der Waals surface area contributed by atoms with Crippen molar-refractivity contribution in [3.05, 3.63) is 63.3 Å². The maximum Gasteiger partial charge on any atom is 0.211 e. The molecule has 0 aliphatic rings. The molecule has 0 spiro atoms. The summed E-state index contributed by atoms with van der Waals surface area (Å²) < 4.78 is 7.99. The zero-order valence-electron chi connectivity index (χ0n) is 18.3. The predicted molar refractivity (Wildman–Crippen MR) is 131 cm³/mol. The molecule has 3 N–H and O–H groups in total. The number of aliphatic hydroxyl groups is 1. The molecule has 1 atom stereocenters. The third kappa shape index (κ3) is 5.75. The molecule has 0 radical (unpaired) electrons.